The number of rotatable bonds is 3. The Bertz CT molecular complexity index is 562. The Labute approximate surface area is 111 Å². The number of aromatic nitrogens is 3. The molecule has 19 heavy (non-hydrogen) atoms. The summed E-state index contributed by atoms with van der Waals surface area (Å²) in [4.78, 5) is 14.0. The normalized spacial score (nSPS) is 15.6. The lowest BCUT2D eigenvalue weighted by Crippen LogP contribution is -2.51. The van der Waals surface area contributed by atoms with E-state index < -0.39 is 0 Å². The fourth-order valence-corrected chi connectivity index (χ4v) is 2.34. The van der Waals surface area contributed by atoms with E-state index in [0.717, 1.165) is 30.1 Å². The van der Waals surface area contributed by atoms with Crippen LogP contribution in [0.25, 0.3) is 0 Å². The van der Waals surface area contributed by atoms with Gasteiger partial charge >= 0.3 is 0 Å². The lowest BCUT2D eigenvalue weighted by atomic mass is 10.1. The lowest BCUT2D eigenvalue weighted by Gasteiger charge is -2.39. The molecule has 2 aromatic heterocycles. The van der Waals surface area contributed by atoms with Gasteiger partial charge in [-0.1, -0.05) is 5.16 Å². The maximum absolute atomic E-state index is 12.1. The van der Waals surface area contributed by atoms with Crippen molar-refractivity contribution in [3.8, 4) is 0 Å². The Morgan fingerprint density at radius 1 is 1.47 bits per heavy atom. The van der Waals surface area contributed by atoms with E-state index in [1.54, 1.807) is 6.20 Å². The van der Waals surface area contributed by atoms with Gasteiger partial charge in [-0.2, -0.15) is 5.10 Å². The fraction of sp³-hybridized carbons (Fsp3) is 0.462. The van der Waals surface area contributed by atoms with Gasteiger partial charge in [-0.25, -0.2) is 0 Å². The SMILES string of the molecule is Cc1noc(C)c1CC(=O)N1CC(n2cccn2)C1. The number of aryl methyl sites for hydroxylation is 2. The van der Waals surface area contributed by atoms with Gasteiger partial charge in [0.25, 0.3) is 0 Å². The summed E-state index contributed by atoms with van der Waals surface area (Å²) >= 11 is 0. The van der Waals surface area contributed by atoms with Crippen LogP contribution in [0.2, 0.25) is 0 Å². The molecule has 0 radical (unpaired) electrons. The number of nitrogens with zero attached hydrogens (tertiary/aromatic N) is 4. The molecule has 1 aliphatic heterocycles. The molecule has 2 aromatic rings. The summed E-state index contributed by atoms with van der Waals surface area (Å²) in [5, 5.41) is 8.06. The molecule has 6 nitrogen and oxygen atoms in total. The topological polar surface area (TPSA) is 64.2 Å². The summed E-state index contributed by atoms with van der Waals surface area (Å²) in [6.45, 7) is 5.15. The van der Waals surface area contributed by atoms with Gasteiger partial charge in [0.15, 0.2) is 0 Å². The monoisotopic (exact) mass is 260 g/mol. The average Bonchev–Trinajstić information content (AvgIpc) is 2.93. The lowest BCUT2D eigenvalue weighted by molar-refractivity contribution is -0.136. The van der Waals surface area contributed by atoms with Crippen LogP contribution in [-0.4, -0.2) is 38.8 Å². The van der Waals surface area contributed by atoms with Gasteiger partial charge in [0.2, 0.25) is 5.91 Å². The van der Waals surface area contributed by atoms with E-state index in [-0.39, 0.29) is 5.91 Å². The first-order chi connectivity index (χ1) is 9.15. The van der Waals surface area contributed by atoms with Gasteiger partial charge in [-0.05, 0) is 19.9 Å². The molecule has 3 rings (SSSR count). The van der Waals surface area contributed by atoms with Crippen molar-refractivity contribution >= 4 is 5.91 Å². The molecular weight excluding hydrogens is 244 g/mol. The van der Waals surface area contributed by atoms with Gasteiger partial charge in [0.05, 0.1) is 18.2 Å². The highest BCUT2D eigenvalue weighted by Gasteiger charge is 2.32. The molecule has 6 heteroatoms. The third-order valence-electron chi connectivity index (χ3n) is 3.62. The second-order valence-electron chi connectivity index (χ2n) is 4.92. The molecule has 3 heterocycles. The van der Waals surface area contributed by atoms with Crippen molar-refractivity contribution in [2.24, 2.45) is 0 Å². The molecule has 0 aliphatic carbocycles. The molecule has 1 aliphatic rings. The van der Waals surface area contributed by atoms with Crippen molar-refractivity contribution < 1.29 is 9.32 Å². The first-order valence-electron chi connectivity index (χ1n) is 6.34. The largest absolute Gasteiger partial charge is 0.361 e. The third-order valence-corrected chi connectivity index (χ3v) is 3.62. The zero-order valence-electron chi connectivity index (χ0n) is 11.0. The summed E-state index contributed by atoms with van der Waals surface area (Å²) in [7, 11) is 0. The predicted molar refractivity (Wildman–Crippen MR) is 67.5 cm³/mol. The number of hydrogen-bond donors (Lipinski definition) is 0. The van der Waals surface area contributed by atoms with Crippen LogP contribution in [0.5, 0.6) is 0 Å². The van der Waals surface area contributed by atoms with Crippen molar-refractivity contribution in [1.29, 1.82) is 0 Å². The maximum Gasteiger partial charge on any atom is 0.227 e. The molecular formula is C13H16N4O2. The number of amides is 1. The van der Waals surface area contributed by atoms with E-state index in [4.69, 9.17) is 4.52 Å². The minimum Gasteiger partial charge on any atom is -0.361 e. The molecule has 1 amide bonds. The van der Waals surface area contributed by atoms with Crippen molar-refractivity contribution in [3.63, 3.8) is 0 Å². The van der Waals surface area contributed by atoms with Crippen molar-refractivity contribution in [2.75, 3.05) is 13.1 Å². The highest BCUT2D eigenvalue weighted by Crippen LogP contribution is 2.22. The van der Waals surface area contributed by atoms with Crippen LogP contribution in [0.4, 0.5) is 0 Å². The van der Waals surface area contributed by atoms with Crippen LogP contribution < -0.4 is 0 Å². The Hall–Kier alpha value is -2.11. The van der Waals surface area contributed by atoms with Gasteiger partial charge in [0, 0.05) is 31.0 Å². The average molecular weight is 260 g/mol. The number of carbonyl (C=O) groups is 1. The molecule has 0 saturated carbocycles. The highest BCUT2D eigenvalue weighted by atomic mass is 16.5. The van der Waals surface area contributed by atoms with Crippen molar-refractivity contribution in [3.05, 3.63) is 35.5 Å². The molecule has 1 saturated heterocycles. The van der Waals surface area contributed by atoms with Crippen LogP contribution >= 0.6 is 0 Å². The molecule has 100 valence electrons. The van der Waals surface area contributed by atoms with Crippen molar-refractivity contribution in [1.82, 2.24) is 19.8 Å². The first kappa shape index (κ1) is 12.0. The minimum absolute atomic E-state index is 0.123. The van der Waals surface area contributed by atoms with E-state index in [1.807, 2.05) is 35.7 Å². The molecule has 0 N–H and O–H groups in total. The van der Waals surface area contributed by atoms with E-state index in [0.29, 0.717) is 12.5 Å². The molecule has 1 fully saturated rings. The summed E-state index contributed by atoms with van der Waals surface area (Å²) in [5.74, 6) is 0.854. The Morgan fingerprint density at radius 3 is 2.84 bits per heavy atom. The zero-order valence-corrected chi connectivity index (χ0v) is 11.0. The van der Waals surface area contributed by atoms with Crippen LogP contribution in [0, 0.1) is 13.8 Å². The Balaban J connectivity index is 1.59. The first-order valence-corrected chi connectivity index (χ1v) is 6.34. The summed E-state index contributed by atoms with van der Waals surface area (Å²) in [6.07, 6.45) is 4.06. The van der Waals surface area contributed by atoms with E-state index in [1.165, 1.54) is 0 Å². The van der Waals surface area contributed by atoms with Crippen LogP contribution in [0.1, 0.15) is 23.1 Å². The standard InChI is InChI=1S/C13H16N4O2/c1-9-12(10(2)19-15-9)6-13(18)16-7-11(8-16)17-5-3-4-14-17/h3-5,11H,6-8H2,1-2H3. The van der Waals surface area contributed by atoms with Gasteiger partial charge in [-0.15, -0.1) is 0 Å². The second-order valence-corrected chi connectivity index (χ2v) is 4.92. The van der Waals surface area contributed by atoms with Crippen LogP contribution in [-0.2, 0) is 11.2 Å². The van der Waals surface area contributed by atoms with Gasteiger partial charge in [-0.3, -0.25) is 9.48 Å². The highest BCUT2D eigenvalue weighted by molar-refractivity contribution is 5.80. The van der Waals surface area contributed by atoms with E-state index in [2.05, 4.69) is 10.3 Å². The van der Waals surface area contributed by atoms with Crippen molar-refractivity contribution in [2.45, 2.75) is 26.3 Å². The molecule has 0 aromatic carbocycles. The summed E-state index contributed by atoms with van der Waals surface area (Å²) in [5.41, 5.74) is 1.71. The zero-order chi connectivity index (χ0) is 13.4. The summed E-state index contributed by atoms with van der Waals surface area (Å²) in [6, 6.07) is 2.21. The molecule has 0 bridgehead atoms. The molecule has 0 spiro atoms. The number of carbonyl (C=O) groups excluding carboxylic acids is 1. The summed E-state index contributed by atoms with van der Waals surface area (Å²) < 4.78 is 6.98. The Kier molecular flexibility index (Phi) is 2.85. The number of hydrogen-bond acceptors (Lipinski definition) is 4. The maximum atomic E-state index is 12.1. The van der Waals surface area contributed by atoms with Gasteiger partial charge in [0.1, 0.15) is 5.76 Å². The molecule has 0 atom stereocenters. The third kappa shape index (κ3) is 2.14. The van der Waals surface area contributed by atoms with Gasteiger partial charge < -0.3 is 9.42 Å². The fourth-order valence-electron chi connectivity index (χ4n) is 2.34. The Morgan fingerprint density at radius 2 is 2.26 bits per heavy atom. The van der Waals surface area contributed by atoms with Crippen LogP contribution in [0.15, 0.2) is 23.0 Å². The second kappa shape index (κ2) is 4.53. The number of likely N-dealkylation sites (tertiary alicyclic amines) is 1. The minimum atomic E-state index is 0.123. The predicted octanol–water partition coefficient (Wildman–Crippen LogP) is 1.11. The van der Waals surface area contributed by atoms with E-state index in [9.17, 15) is 4.79 Å². The van der Waals surface area contributed by atoms with Crippen LogP contribution in [0.3, 0.4) is 0 Å². The smallest absolute Gasteiger partial charge is 0.227 e. The molecule has 0 unspecified atom stereocenters. The quantitative estimate of drug-likeness (QED) is 0.829. The van der Waals surface area contributed by atoms with E-state index >= 15 is 0 Å².